The van der Waals surface area contributed by atoms with E-state index in [1.165, 1.54) is 12.0 Å². The normalized spacial score (nSPS) is 14.9. The Bertz CT molecular complexity index is 1020. The number of aromatic amines is 1. The van der Waals surface area contributed by atoms with E-state index in [9.17, 15) is 4.79 Å². The van der Waals surface area contributed by atoms with Crippen LogP contribution in [0.1, 0.15) is 35.3 Å². The van der Waals surface area contributed by atoms with Crippen LogP contribution < -0.4 is 19.5 Å². The lowest BCUT2D eigenvalue weighted by Gasteiger charge is -2.42. The molecule has 29 heavy (non-hydrogen) atoms. The smallest absolute Gasteiger partial charge is 0.267 e. The van der Waals surface area contributed by atoms with Crippen molar-refractivity contribution in [3.8, 4) is 17.2 Å². The van der Waals surface area contributed by atoms with E-state index < -0.39 is 0 Å². The average Bonchev–Trinajstić information content (AvgIpc) is 3.17. The molecule has 1 amide bonds. The number of H-pyrrole nitrogens is 1. The predicted octanol–water partition coefficient (Wildman–Crippen LogP) is 4.05. The number of fused-ring (bicyclic) bond motifs is 1. The highest BCUT2D eigenvalue weighted by molar-refractivity contribution is 6.02. The molecular formula is C23H26N2O4. The van der Waals surface area contributed by atoms with Gasteiger partial charge in [-0.15, -0.1) is 0 Å². The maximum atomic E-state index is 12.9. The Kier molecular flexibility index (Phi) is 5.09. The van der Waals surface area contributed by atoms with Gasteiger partial charge in [-0.05, 0) is 24.5 Å². The van der Waals surface area contributed by atoms with Crippen molar-refractivity contribution in [2.45, 2.75) is 24.7 Å². The van der Waals surface area contributed by atoms with Gasteiger partial charge in [-0.1, -0.05) is 36.8 Å². The summed E-state index contributed by atoms with van der Waals surface area (Å²) in [5.41, 5.74) is 2.46. The number of nitrogens with one attached hydrogen (secondary N) is 2. The minimum absolute atomic E-state index is 0.0293. The second-order valence-corrected chi connectivity index (χ2v) is 7.47. The van der Waals surface area contributed by atoms with Crippen LogP contribution >= 0.6 is 0 Å². The van der Waals surface area contributed by atoms with Gasteiger partial charge in [0.15, 0.2) is 11.5 Å². The molecule has 2 aromatic carbocycles. The van der Waals surface area contributed by atoms with Gasteiger partial charge in [0.2, 0.25) is 0 Å². The van der Waals surface area contributed by atoms with Crippen molar-refractivity contribution in [1.82, 2.24) is 10.3 Å². The molecular weight excluding hydrogens is 368 g/mol. The first kappa shape index (κ1) is 19.2. The summed E-state index contributed by atoms with van der Waals surface area (Å²) in [6.45, 7) is 0.614. The van der Waals surface area contributed by atoms with Gasteiger partial charge in [0.1, 0.15) is 11.4 Å². The SMILES string of the molecule is COc1cc(OC)c2cc(C(=O)NCC3(c4ccccc4)CCC3)[nH]c2c1OC. The van der Waals surface area contributed by atoms with Gasteiger partial charge < -0.3 is 24.5 Å². The minimum atomic E-state index is -0.147. The Labute approximate surface area is 170 Å². The Hall–Kier alpha value is -3.15. The lowest BCUT2D eigenvalue weighted by Crippen LogP contribution is -2.45. The molecule has 3 aromatic rings. The number of carbonyl (C=O) groups is 1. The lowest BCUT2D eigenvalue weighted by atomic mass is 9.64. The fourth-order valence-electron chi connectivity index (χ4n) is 4.17. The fraction of sp³-hybridized carbons (Fsp3) is 0.348. The standard InChI is InChI=1S/C23H26N2O4/c1-27-18-13-19(28-2)21(29-3)20-16(18)12-17(25-20)22(26)24-14-23(10-7-11-23)15-8-5-4-6-9-15/h4-6,8-9,12-13,25H,7,10-11,14H2,1-3H3,(H,24,26). The van der Waals surface area contributed by atoms with E-state index in [0.29, 0.717) is 35.0 Å². The second-order valence-electron chi connectivity index (χ2n) is 7.47. The quantitative estimate of drug-likeness (QED) is 0.634. The summed E-state index contributed by atoms with van der Waals surface area (Å²) < 4.78 is 16.4. The summed E-state index contributed by atoms with van der Waals surface area (Å²) in [5.74, 6) is 1.56. The summed E-state index contributed by atoms with van der Waals surface area (Å²) in [5, 5.41) is 3.90. The highest BCUT2D eigenvalue weighted by Gasteiger charge is 2.38. The third kappa shape index (κ3) is 3.28. The van der Waals surface area contributed by atoms with Crippen molar-refractivity contribution in [3.05, 3.63) is 53.7 Å². The summed E-state index contributed by atoms with van der Waals surface area (Å²) in [7, 11) is 4.74. The highest BCUT2D eigenvalue weighted by atomic mass is 16.5. The number of hydrogen-bond acceptors (Lipinski definition) is 4. The van der Waals surface area contributed by atoms with Crippen molar-refractivity contribution in [1.29, 1.82) is 0 Å². The largest absolute Gasteiger partial charge is 0.496 e. The molecule has 1 saturated carbocycles. The zero-order valence-electron chi connectivity index (χ0n) is 17.0. The Morgan fingerprint density at radius 1 is 1.03 bits per heavy atom. The molecule has 1 aliphatic rings. The lowest BCUT2D eigenvalue weighted by molar-refractivity contribution is 0.0923. The number of hydrogen-bond donors (Lipinski definition) is 2. The third-order valence-electron chi connectivity index (χ3n) is 5.97. The first-order valence-electron chi connectivity index (χ1n) is 9.77. The van der Waals surface area contributed by atoms with Gasteiger partial charge in [0, 0.05) is 23.4 Å². The first-order valence-corrected chi connectivity index (χ1v) is 9.77. The molecule has 0 atom stereocenters. The minimum Gasteiger partial charge on any atom is -0.496 e. The zero-order valence-corrected chi connectivity index (χ0v) is 17.0. The van der Waals surface area contributed by atoms with E-state index in [1.807, 2.05) is 6.07 Å². The van der Waals surface area contributed by atoms with Crippen LogP contribution in [0.4, 0.5) is 0 Å². The topological polar surface area (TPSA) is 72.6 Å². The van der Waals surface area contributed by atoms with E-state index >= 15 is 0 Å². The maximum absolute atomic E-state index is 12.9. The number of carbonyl (C=O) groups excluding carboxylic acids is 1. The van der Waals surface area contributed by atoms with E-state index in [1.54, 1.807) is 33.5 Å². The number of methoxy groups -OCH3 is 3. The summed E-state index contributed by atoms with van der Waals surface area (Å²) in [6.07, 6.45) is 3.36. The maximum Gasteiger partial charge on any atom is 0.267 e. The van der Waals surface area contributed by atoms with E-state index in [-0.39, 0.29) is 11.3 Å². The average molecular weight is 394 g/mol. The highest BCUT2D eigenvalue weighted by Crippen LogP contribution is 2.43. The number of benzene rings is 2. The van der Waals surface area contributed by atoms with Gasteiger partial charge in [-0.3, -0.25) is 4.79 Å². The monoisotopic (exact) mass is 394 g/mol. The van der Waals surface area contributed by atoms with Crippen LogP contribution in [-0.2, 0) is 5.41 Å². The molecule has 0 bridgehead atoms. The van der Waals surface area contributed by atoms with Gasteiger partial charge >= 0.3 is 0 Å². The molecule has 1 aliphatic carbocycles. The molecule has 0 aliphatic heterocycles. The van der Waals surface area contributed by atoms with Crippen LogP contribution in [0.15, 0.2) is 42.5 Å². The van der Waals surface area contributed by atoms with Crippen LogP contribution in [0.2, 0.25) is 0 Å². The van der Waals surface area contributed by atoms with Crippen LogP contribution in [-0.4, -0.2) is 38.8 Å². The molecule has 0 radical (unpaired) electrons. The number of amides is 1. The molecule has 1 heterocycles. The summed E-state index contributed by atoms with van der Waals surface area (Å²) in [6, 6.07) is 14.0. The molecule has 1 fully saturated rings. The van der Waals surface area contributed by atoms with Crippen molar-refractivity contribution in [2.24, 2.45) is 0 Å². The van der Waals surface area contributed by atoms with Gasteiger partial charge in [-0.2, -0.15) is 0 Å². The van der Waals surface area contributed by atoms with Crippen molar-refractivity contribution >= 4 is 16.8 Å². The van der Waals surface area contributed by atoms with Crippen molar-refractivity contribution in [3.63, 3.8) is 0 Å². The number of ether oxygens (including phenoxy) is 3. The van der Waals surface area contributed by atoms with E-state index in [2.05, 4.69) is 34.6 Å². The summed E-state index contributed by atoms with van der Waals surface area (Å²) >= 11 is 0. The van der Waals surface area contributed by atoms with Crippen molar-refractivity contribution in [2.75, 3.05) is 27.9 Å². The number of aromatic nitrogens is 1. The van der Waals surface area contributed by atoms with E-state index in [4.69, 9.17) is 14.2 Å². The fourth-order valence-corrected chi connectivity index (χ4v) is 4.17. The number of rotatable bonds is 7. The Morgan fingerprint density at radius 3 is 2.34 bits per heavy atom. The molecule has 0 spiro atoms. The van der Waals surface area contributed by atoms with Crippen molar-refractivity contribution < 1.29 is 19.0 Å². The van der Waals surface area contributed by atoms with Crippen LogP contribution in [0.3, 0.4) is 0 Å². The molecule has 6 nitrogen and oxygen atoms in total. The van der Waals surface area contributed by atoms with Crippen LogP contribution in [0.5, 0.6) is 17.2 Å². The molecule has 4 rings (SSSR count). The molecule has 0 saturated heterocycles. The Morgan fingerprint density at radius 2 is 1.76 bits per heavy atom. The summed E-state index contributed by atoms with van der Waals surface area (Å²) in [4.78, 5) is 16.1. The molecule has 6 heteroatoms. The van der Waals surface area contributed by atoms with Gasteiger partial charge in [-0.25, -0.2) is 0 Å². The first-order chi connectivity index (χ1) is 14.1. The molecule has 2 N–H and O–H groups in total. The van der Waals surface area contributed by atoms with Crippen LogP contribution in [0.25, 0.3) is 10.9 Å². The van der Waals surface area contributed by atoms with Crippen LogP contribution in [0, 0.1) is 0 Å². The predicted molar refractivity (Wildman–Crippen MR) is 112 cm³/mol. The molecule has 1 aromatic heterocycles. The second kappa shape index (κ2) is 7.70. The molecule has 0 unspecified atom stereocenters. The van der Waals surface area contributed by atoms with E-state index in [0.717, 1.165) is 18.2 Å². The zero-order chi connectivity index (χ0) is 20.4. The van der Waals surface area contributed by atoms with Gasteiger partial charge in [0.05, 0.1) is 26.8 Å². The molecule has 152 valence electrons. The van der Waals surface area contributed by atoms with Gasteiger partial charge in [0.25, 0.3) is 5.91 Å². The third-order valence-corrected chi connectivity index (χ3v) is 5.97. The Balaban J connectivity index is 1.61.